The first-order valence-electron chi connectivity index (χ1n) is 9.27. The van der Waals surface area contributed by atoms with Crippen LogP contribution in [0.15, 0.2) is 24.3 Å². The highest BCUT2D eigenvalue weighted by atomic mass is 35.5. The average Bonchev–Trinajstić information content (AvgIpc) is 3.04. The molecule has 2 amide bonds. The molecule has 2 fully saturated rings. The van der Waals surface area contributed by atoms with Crippen molar-refractivity contribution in [2.75, 3.05) is 50.7 Å². The number of halogens is 1. The van der Waals surface area contributed by atoms with Crippen molar-refractivity contribution in [1.82, 2.24) is 15.5 Å². The molecule has 0 spiro atoms. The summed E-state index contributed by atoms with van der Waals surface area (Å²) in [5.74, 6) is -0.218. The molecule has 26 heavy (non-hydrogen) atoms. The molecule has 0 bridgehead atoms. The first kappa shape index (κ1) is 20.7. The van der Waals surface area contributed by atoms with Gasteiger partial charge in [0.15, 0.2) is 0 Å². The van der Waals surface area contributed by atoms with E-state index in [0.29, 0.717) is 19.5 Å². The molecule has 2 saturated heterocycles. The van der Waals surface area contributed by atoms with E-state index in [1.165, 1.54) is 5.56 Å². The summed E-state index contributed by atoms with van der Waals surface area (Å²) in [5, 5.41) is 6.32. The molecular weight excluding hydrogens is 352 g/mol. The Kier molecular flexibility index (Phi) is 7.87. The molecule has 144 valence electrons. The molecule has 2 heterocycles. The van der Waals surface area contributed by atoms with Crippen LogP contribution in [0, 0.1) is 5.92 Å². The van der Waals surface area contributed by atoms with Crippen LogP contribution in [0.2, 0.25) is 0 Å². The summed E-state index contributed by atoms with van der Waals surface area (Å²) < 4.78 is 0. The fourth-order valence-corrected chi connectivity index (χ4v) is 3.46. The van der Waals surface area contributed by atoms with Crippen molar-refractivity contribution in [2.24, 2.45) is 5.92 Å². The Morgan fingerprint density at radius 3 is 2.58 bits per heavy atom. The van der Waals surface area contributed by atoms with Gasteiger partial charge >= 0.3 is 0 Å². The van der Waals surface area contributed by atoms with Crippen LogP contribution in [0.4, 0.5) is 5.69 Å². The second kappa shape index (κ2) is 9.90. The summed E-state index contributed by atoms with van der Waals surface area (Å²) in [6, 6.07) is 8.04. The van der Waals surface area contributed by atoms with Crippen molar-refractivity contribution in [3.05, 3.63) is 29.8 Å². The topological polar surface area (TPSA) is 64.7 Å². The SMILES string of the molecule is CCc1ccc(N2CC(C(=O)NCCN3CCNCC3)CC2=O)cc1.Cl. The van der Waals surface area contributed by atoms with Gasteiger partial charge < -0.3 is 15.5 Å². The van der Waals surface area contributed by atoms with Gasteiger partial charge in [-0.15, -0.1) is 12.4 Å². The lowest BCUT2D eigenvalue weighted by Crippen LogP contribution is -2.46. The van der Waals surface area contributed by atoms with Crippen molar-refractivity contribution in [1.29, 1.82) is 0 Å². The maximum absolute atomic E-state index is 12.4. The van der Waals surface area contributed by atoms with Crippen LogP contribution in [-0.4, -0.2) is 62.5 Å². The zero-order chi connectivity index (χ0) is 17.6. The molecular formula is C19H29ClN4O2. The van der Waals surface area contributed by atoms with Crippen LogP contribution in [0.25, 0.3) is 0 Å². The smallest absolute Gasteiger partial charge is 0.227 e. The van der Waals surface area contributed by atoms with Gasteiger partial charge in [0.2, 0.25) is 11.8 Å². The number of amides is 2. The molecule has 7 heteroatoms. The number of nitrogens with zero attached hydrogens (tertiary/aromatic N) is 2. The van der Waals surface area contributed by atoms with Crippen LogP contribution < -0.4 is 15.5 Å². The van der Waals surface area contributed by atoms with Crippen LogP contribution in [0.1, 0.15) is 18.9 Å². The van der Waals surface area contributed by atoms with E-state index in [-0.39, 0.29) is 30.1 Å². The highest BCUT2D eigenvalue weighted by Crippen LogP contribution is 2.25. The third kappa shape index (κ3) is 5.19. The Hall–Kier alpha value is -1.63. The first-order valence-corrected chi connectivity index (χ1v) is 9.27. The highest BCUT2D eigenvalue weighted by Gasteiger charge is 2.34. The number of carbonyl (C=O) groups excluding carboxylic acids is 2. The summed E-state index contributed by atoms with van der Waals surface area (Å²) in [7, 11) is 0. The minimum atomic E-state index is -0.249. The lowest BCUT2D eigenvalue weighted by atomic mass is 10.1. The fraction of sp³-hybridized carbons (Fsp3) is 0.579. The Labute approximate surface area is 161 Å². The Morgan fingerprint density at radius 2 is 1.92 bits per heavy atom. The number of rotatable bonds is 6. The van der Waals surface area contributed by atoms with Crippen LogP contribution in [0.5, 0.6) is 0 Å². The number of carbonyl (C=O) groups is 2. The Morgan fingerprint density at radius 1 is 1.23 bits per heavy atom. The number of hydrogen-bond acceptors (Lipinski definition) is 4. The number of hydrogen-bond donors (Lipinski definition) is 2. The van der Waals surface area contributed by atoms with E-state index in [0.717, 1.165) is 44.8 Å². The summed E-state index contributed by atoms with van der Waals surface area (Å²) in [6.45, 7) is 8.18. The van der Waals surface area contributed by atoms with E-state index in [4.69, 9.17) is 0 Å². The van der Waals surface area contributed by atoms with Crippen LogP contribution in [0.3, 0.4) is 0 Å². The van der Waals surface area contributed by atoms with Gasteiger partial charge in [-0.05, 0) is 24.1 Å². The lowest BCUT2D eigenvalue weighted by Gasteiger charge is -2.27. The molecule has 1 aromatic carbocycles. The second-order valence-electron chi connectivity index (χ2n) is 6.81. The third-order valence-corrected chi connectivity index (χ3v) is 5.09. The summed E-state index contributed by atoms with van der Waals surface area (Å²) >= 11 is 0. The van der Waals surface area contributed by atoms with Crippen LogP contribution in [-0.2, 0) is 16.0 Å². The normalized spacial score (nSPS) is 20.7. The van der Waals surface area contributed by atoms with E-state index >= 15 is 0 Å². The molecule has 3 rings (SSSR count). The zero-order valence-electron chi connectivity index (χ0n) is 15.4. The van der Waals surface area contributed by atoms with Gasteiger partial charge in [-0.3, -0.25) is 14.5 Å². The molecule has 1 aromatic rings. The molecule has 1 atom stereocenters. The Bertz CT molecular complexity index is 602. The van der Waals surface area contributed by atoms with E-state index < -0.39 is 0 Å². The van der Waals surface area contributed by atoms with Gasteiger partial charge in [0.1, 0.15) is 0 Å². The van der Waals surface area contributed by atoms with E-state index in [1.54, 1.807) is 4.90 Å². The minimum Gasteiger partial charge on any atom is -0.355 e. The summed E-state index contributed by atoms with van der Waals surface area (Å²) in [6.07, 6.45) is 1.28. The highest BCUT2D eigenvalue weighted by molar-refractivity contribution is 6.00. The third-order valence-electron chi connectivity index (χ3n) is 5.09. The van der Waals surface area contributed by atoms with Crippen molar-refractivity contribution in [3.8, 4) is 0 Å². The first-order chi connectivity index (χ1) is 12.2. The fourth-order valence-electron chi connectivity index (χ4n) is 3.46. The lowest BCUT2D eigenvalue weighted by molar-refractivity contribution is -0.126. The number of aryl methyl sites for hydroxylation is 1. The van der Waals surface area contributed by atoms with Gasteiger partial charge in [-0.25, -0.2) is 0 Å². The quantitative estimate of drug-likeness (QED) is 0.774. The maximum Gasteiger partial charge on any atom is 0.227 e. The summed E-state index contributed by atoms with van der Waals surface area (Å²) in [5.41, 5.74) is 2.14. The minimum absolute atomic E-state index is 0. The zero-order valence-corrected chi connectivity index (χ0v) is 16.2. The molecule has 0 aliphatic carbocycles. The Balaban J connectivity index is 0.00000243. The predicted octanol–water partition coefficient (Wildman–Crippen LogP) is 1.05. The molecule has 2 aliphatic rings. The molecule has 6 nitrogen and oxygen atoms in total. The van der Waals surface area contributed by atoms with Gasteiger partial charge in [-0.1, -0.05) is 19.1 Å². The number of piperazine rings is 1. The largest absolute Gasteiger partial charge is 0.355 e. The second-order valence-corrected chi connectivity index (χ2v) is 6.81. The predicted molar refractivity (Wildman–Crippen MR) is 106 cm³/mol. The van der Waals surface area contributed by atoms with Crippen molar-refractivity contribution in [2.45, 2.75) is 19.8 Å². The van der Waals surface area contributed by atoms with Crippen molar-refractivity contribution < 1.29 is 9.59 Å². The molecule has 0 radical (unpaired) electrons. The van der Waals surface area contributed by atoms with E-state index in [1.807, 2.05) is 24.3 Å². The molecule has 2 N–H and O–H groups in total. The van der Waals surface area contributed by atoms with Gasteiger partial charge in [0.25, 0.3) is 0 Å². The monoisotopic (exact) mass is 380 g/mol. The van der Waals surface area contributed by atoms with Crippen molar-refractivity contribution >= 4 is 29.9 Å². The molecule has 0 aromatic heterocycles. The van der Waals surface area contributed by atoms with E-state index in [9.17, 15) is 9.59 Å². The number of anilines is 1. The maximum atomic E-state index is 12.4. The molecule has 1 unspecified atom stereocenters. The standard InChI is InChI=1S/C19H28N4O2.ClH/c1-2-15-3-5-17(6-4-15)23-14-16(13-18(23)24)19(25)21-9-12-22-10-7-20-8-11-22;/h3-6,16,20H,2,7-14H2,1H3,(H,21,25);1H. The average molecular weight is 381 g/mol. The van der Waals surface area contributed by atoms with E-state index in [2.05, 4.69) is 22.5 Å². The molecule has 0 saturated carbocycles. The summed E-state index contributed by atoms with van der Waals surface area (Å²) in [4.78, 5) is 28.8. The number of benzene rings is 1. The van der Waals surface area contributed by atoms with Crippen LogP contribution >= 0.6 is 12.4 Å². The van der Waals surface area contributed by atoms with Gasteiger partial charge in [0.05, 0.1) is 5.92 Å². The number of nitrogens with one attached hydrogen (secondary N) is 2. The van der Waals surface area contributed by atoms with Gasteiger partial charge in [0, 0.05) is 57.9 Å². The van der Waals surface area contributed by atoms with Gasteiger partial charge in [-0.2, -0.15) is 0 Å². The molecule has 2 aliphatic heterocycles. The van der Waals surface area contributed by atoms with Crippen molar-refractivity contribution in [3.63, 3.8) is 0 Å².